The number of aryl methyl sites for hydroxylation is 1. The van der Waals surface area contributed by atoms with Crippen LogP contribution in [0, 0.1) is 0 Å². The molecule has 4 heterocycles. The van der Waals surface area contributed by atoms with Crippen LogP contribution in [0.25, 0.3) is 28.3 Å². The molecule has 0 saturated carbocycles. The molecule has 0 aliphatic carbocycles. The second-order valence-electron chi connectivity index (χ2n) is 6.26. The van der Waals surface area contributed by atoms with Crippen molar-refractivity contribution in [3.05, 3.63) is 35.9 Å². The van der Waals surface area contributed by atoms with Gasteiger partial charge in [-0.15, -0.1) is 11.8 Å². The second kappa shape index (κ2) is 6.86. The largest absolute Gasteiger partial charge is 0.433 e. The average molecular weight is 446 g/mol. The molecule has 158 valence electrons. The molecule has 0 fully saturated rings. The van der Waals surface area contributed by atoms with E-state index in [1.807, 2.05) is 6.92 Å². The molecule has 0 aliphatic heterocycles. The highest BCUT2D eigenvalue weighted by Gasteiger charge is 2.34. The van der Waals surface area contributed by atoms with Crippen molar-refractivity contribution in [3.8, 4) is 11.5 Å². The van der Waals surface area contributed by atoms with E-state index in [2.05, 4.69) is 19.9 Å². The molecule has 0 N–H and O–H groups in total. The van der Waals surface area contributed by atoms with Crippen molar-refractivity contribution in [2.45, 2.75) is 24.3 Å². The van der Waals surface area contributed by atoms with Crippen LogP contribution >= 0.6 is 11.8 Å². The monoisotopic (exact) mass is 446 g/mol. The van der Waals surface area contributed by atoms with Crippen LogP contribution in [0.15, 0.2) is 29.7 Å². The van der Waals surface area contributed by atoms with Crippen molar-refractivity contribution in [2.24, 2.45) is 7.05 Å². The Labute approximate surface area is 169 Å². The molecule has 0 radical (unpaired) electrons. The molecule has 0 unspecified atom stereocenters. The highest BCUT2D eigenvalue weighted by atomic mass is 32.2. The van der Waals surface area contributed by atoms with Gasteiger partial charge >= 0.3 is 12.4 Å². The van der Waals surface area contributed by atoms with Gasteiger partial charge in [-0.2, -0.15) is 26.3 Å². The fourth-order valence-electron chi connectivity index (χ4n) is 2.95. The summed E-state index contributed by atoms with van der Waals surface area (Å²) in [5.74, 6) is 0.757. The Morgan fingerprint density at radius 3 is 2.37 bits per heavy atom. The Morgan fingerprint density at radius 1 is 1.00 bits per heavy atom. The van der Waals surface area contributed by atoms with E-state index in [1.54, 1.807) is 7.05 Å². The van der Waals surface area contributed by atoms with Crippen LogP contribution in [0.2, 0.25) is 0 Å². The lowest BCUT2D eigenvalue weighted by molar-refractivity contribution is -0.141. The van der Waals surface area contributed by atoms with Gasteiger partial charge in [0.15, 0.2) is 11.5 Å². The van der Waals surface area contributed by atoms with Crippen LogP contribution < -0.4 is 0 Å². The highest BCUT2D eigenvalue weighted by molar-refractivity contribution is 7.99. The lowest BCUT2D eigenvalue weighted by Gasteiger charge is -2.06. The number of hydrogen-bond acceptors (Lipinski definition) is 5. The lowest BCUT2D eigenvalue weighted by Crippen LogP contribution is -2.08. The van der Waals surface area contributed by atoms with Crippen LogP contribution in [0.5, 0.6) is 0 Å². The van der Waals surface area contributed by atoms with Gasteiger partial charge in [0.1, 0.15) is 33.9 Å². The zero-order valence-corrected chi connectivity index (χ0v) is 16.2. The summed E-state index contributed by atoms with van der Waals surface area (Å²) in [5, 5.41) is 0.475. The van der Waals surface area contributed by atoms with Crippen molar-refractivity contribution >= 4 is 28.6 Å². The topological polar surface area (TPSA) is 60.9 Å². The maximum atomic E-state index is 13.0. The van der Waals surface area contributed by atoms with Crippen LogP contribution in [0.4, 0.5) is 26.3 Å². The van der Waals surface area contributed by atoms with E-state index in [1.165, 1.54) is 20.7 Å². The van der Waals surface area contributed by atoms with Crippen molar-refractivity contribution in [3.63, 3.8) is 0 Å². The Hall–Kier alpha value is -2.83. The number of hydrogen-bond donors (Lipinski definition) is 0. The molecular weight excluding hydrogens is 434 g/mol. The maximum Gasteiger partial charge on any atom is 0.433 e. The van der Waals surface area contributed by atoms with Gasteiger partial charge in [-0.05, 0) is 11.8 Å². The molecule has 0 saturated heterocycles. The lowest BCUT2D eigenvalue weighted by atomic mass is 10.2. The molecule has 0 aromatic carbocycles. The van der Waals surface area contributed by atoms with Gasteiger partial charge in [-0.1, -0.05) is 6.92 Å². The number of alkyl halides is 6. The molecule has 0 aliphatic rings. The van der Waals surface area contributed by atoms with Gasteiger partial charge in [0.05, 0.1) is 5.56 Å². The summed E-state index contributed by atoms with van der Waals surface area (Å²) in [6, 6.07) is 1.68. The van der Waals surface area contributed by atoms with E-state index in [4.69, 9.17) is 0 Å². The molecule has 4 rings (SSSR count). The fraction of sp³-hybridized carbons (Fsp3) is 0.294. The summed E-state index contributed by atoms with van der Waals surface area (Å²) in [6.45, 7) is 1.84. The van der Waals surface area contributed by atoms with Crippen molar-refractivity contribution in [1.82, 2.24) is 28.9 Å². The summed E-state index contributed by atoms with van der Waals surface area (Å²) >= 11 is 1.30. The molecule has 13 heteroatoms. The smallest absolute Gasteiger partial charge is 0.310 e. The first-order valence-electron chi connectivity index (χ1n) is 8.49. The van der Waals surface area contributed by atoms with Gasteiger partial charge in [-0.3, -0.25) is 4.40 Å². The molecule has 30 heavy (non-hydrogen) atoms. The van der Waals surface area contributed by atoms with Crippen molar-refractivity contribution in [1.29, 1.82) is 0 Å². The summed E-state index contributed by atoms with van der Waals surface area (Å²) in [7, 11) is 1.55. The maximum absolute atomic E-state index is 13.0. The number of imidazole rings is 2. The average Bonchev–Trinajstić information content (AvgIpc) is 3.18. The summed E-state index contributed by atoms with van der Waals surface area (Å²) in [6.07, 6.45) is -7.49. The number of thioether (sulfide) groups is 1. The zero-order valence-electron chi connectivity index (χ0n) is 15.4. The van der Waals surface area contributed by atoms with Crippen LogP contribution in [0.3, 0.4) is 0 Å². The number of aromatic nitrogens is 6. The first-order chi connectivity index (χ1) is 14.0. The Balaban J connectivity index is 1.94. The van der Waals surface area contributed by atoms with Crippen LogP contribution in [-0.4, -0.2) is 34.7 Å². The Kier molecular flexibility index (Phi) is 4.67. The number of halogens is 6. The van der Waals surface area contributed by atoms with Crippen molar-refractivity contribution in [2.75, 3.05) is 5.75 Å². The SMILES string of the molecule is CCSc1c(-c2nc3cc(C(F)(F)F)cnc3n2C)nc2cc(C(F)(F)F)ncn12. The van der Waals surface area contributed by atoms with Gasteiger partial charge in [0.25, 0.3) is 0 Å². The van der Waals surface area contributed by atoms with Crippen LogP contribution in [-0.2, 0) is 19.4 Å². The van der Waals surface area contributed by atoms with E-state index in [9.17, 15) is 26.3 Å². The third-order valence-corrected chi connectivity index (χ3v) is 5.24. The first kappa shape index (κ1) is 20.4. The molecule has 4 aromatic heterocycles. The third kappa shape index (κ3) is 3.36. The summed E-state index contributed by atoms with van der Waals surface area (Å²) < 4.78 is 80.9. The second-order valence-corrected chi connectivity index (χ2v) is 7.51. The number of fused-ring (bicyclic) bond motifs is 2. The summed E-state index contributed by atoms with van der Waals surface area (Å²) in [4.78, 5) is 15.8. The molecular formula is C17H12F6N6S. The minimum Gasteiger partial charge on any atom is -0.310 e. The molecule has 0 spiro atoms. The van der Waals surface area contributed by atoms with Gasteiger partial charge in [-0.25, -0.2) is 19.9 Å². The molecule has 4 aromatic rings. The van der Waals surface area contributed by atoms with E-state index in [0.29, 0.717) is 17.0 Å². The fourth-order valence-corrected chi connectivity index (χ4v) is 3.77. The minimum absolute atomic E-state index is 0.000675. The quantitative estimate of drug-likeness (QED) is 0.333. The van der Waals surface area contributed by atoms with Crippen molar-refractivity contribution < 1.29 is 26.3 Å². The molecule has 0 atom stereocenters. The van der Waals surface area contributed by atoms with E-state index in [0.717, 1.165) is 18.5 Å². The number of pyridine rings is 1. The van der Waals surface area contributed by atoms with E-state index >= 15 is 0 Å². The predicted molar refractivity (Wildman–Crippen MR) is 96.9 cm³/mol. The van der Waals surface area contributed by atoms with E-state index in [-0.39, 0.29) is 28.3 Å². The van der Waals surface area contributed by atoms with Gasteiger partial charge in [0.2, 0.25) is 0 Å². The standard InChI is InChI=1S/C17H12F6N6S/c1-3-30-15-12(27-11-5-10(17(21,22)23)25-7-29(11)15)14-26-9-4-8(16(18,19)20)6-24-13(9)28(14)2/h4-7H,3H2,1-2H3. The normalized spacial score (nSPS) is 12.9. The zero-order chi connectivity index (χ0) is 21.8. The Morgan fingerprint density at radius 2 is 1.73 bits per heavy atom. The van der Waals surface area contributed by atoms with Crippen LogP contribution in [0.1, 0.15) is 18.2 Å². The third-order valence-electron chi connectivity index (χ3n) is 4.29. The number of nitrogens with zero attached hydrogens (tertiary/aromatic N) is 6. The predicted octanol–water partition coefficient (Wildman–Crippen LogP) is 4.83. The summed E-state index contributed by atoms with van der Waals surface area (Å²) in [5.41, 5.74) is -1.62. The minimum atomic E-state index is -4.64. The van der Waals surface area contributed by atoms with Gasteiger partial charge in [0, 0.05) is 19.3 Å². The number of rotatable bonds is 3. The van der Waals surface area contributed by atoms with Gasteiger partial charge < -0.3 is 4.57 Å². The highest BCUT2D eigenvalue weighted by Crippen LogP contribution is 2.36. The first-order valence-corrected chi connectivity index (χ1v) is 9.47. The molecule has 0 amide bonds. The Bertz CT molecular complexity index is 1260. The molecule has 0 bridgehead atoms. The molecule has 6 nitrogen and oxygen atoms in total. The van der Waals surface area contributed by atoms with E-state index < -0.39 is 23.6 Å².